The zero-order valence-electron chi connectivity index (χ0n) is 14.5. The maximum atomic E-state index is 13.5. The van der Waals surface area contributed by atoms with Crippen LogP contribution in [-0.2, 0) is 10.2 Å². The Labute approximate surface area is 143 Å². The lowest BCUT2D eigenvalue weighted by molar-refractivity contribution is -0.119. The van der Waals surface area contributed by atoms with Crippen molar-refractivity contribution in [2.45, 2.75) is 38.5 Å². The Morgan fingerprint density at radius 1 is 1.25 bits per heavy atom. The molecule has 1 aromatic rings. The van der Waals surface area contributed by atoms with Crippen molar-refractivity contribution < 1.29 is 9.18 Å². The number of nitrogens with zero attached hydrogens (tertiary/aromatic N) is 1. The molecule has 132 valence electrons. The maximum Gasteiger partial charge on any atom is 0.241 e. The van der Waals surface area contributed by atoms with Crippen LogP contribution in [0.4, 0.5) is 4.39 Å². The van der Waals surface area contributed by atoms with Crippen molar-refractivity contribution in [3.05, 3.63) is 35.6 Å². The molecule has 0 aliphatic heterocycles. The Kier molecular flexibility index (Phi) is 6.58. The van der Waals surface area contributed by atoms with Crippen LogP contribution in [0.2, 0.25) is 0 Å². The lowest BCUT2D eigenvalue weighted by Gasteiger charge is -2.19. The minimum atomic E-state index is -0.202. The summed E-state index contributed by atoms with van der Waals surface area (Å²) in [4.78, 5) is 16.0. The number of halogens is 1. The van der Waals surface area contributed by atoms with Crippen LogP contribution in [0.3, 0.4) is 0 Å². The first-order valence-corrected chi connectivity index (χ1v) is 8.64. The molecule has 0 saturated heterocycles. The molecular formula is C18H27FN4O. The predicted octanol–water partition coefficient (Wildman–Crippen LogP) is 1.94. The van der Waals surface area contributed by atoms with Gasteiger partial charge in [-0.15, -0.1) is 0 Å². The van der Waals surface area contributed by atoms with Gasteiger partial charge in [0, 0.05) is 25.0 Å². The molecule has 1 aliphatic rings. The van der Waals surface area contributed by atoms with E-state index in [9.17, 15) is 9.18 Å². The number of hydrogen-bond donors (Lipinski definition) is 3. The molecule has 0 bridgehead atoms. The van der Waals surface area contributed by atoms with E-state index >= 15 is 0 Å². The van der Waals surface area contributed by atoms with Gasteiger partial charge in [0.15, 0.2) is 5.96 Å². The van der Waals surface area contributed by atoms with E-state index in [4.69, 9.17) is 0 Å². The molecule has 1 aromatic carbocycles. The van der Waals surface area contributed by atoms with E-state index in [1.54, 1.807) is 12.1 Å². The van der Waals surface area contributed by atoms with Crippen molar-refractivity contribution in [3.8, 4) is 0 Å². The fourth-order valence-corrected chi connectivity index (χ4v) is 2.60. The fraction of sp³-hybridized carbons (Fsp3) is 0.556. The summed E-state index contributed by atoms with van der Waals surface area (Å²) in [6.07, 6.45) is 2.96. The van der Waals surface area contributed by atoms with Crippen LogP contribution in [-0.4, -0.2) is 38.0 Å². The van der Waals surface area contributed by atoms with Crippen LogP contribution in [0.15, 0.2) is 29.3 Å². The average molecular weight is 334 g/mol. The van der Waals surface area contributed by atoms with Crippen molar-refractivity contribution >= 4 is 11.9 Å². The molecule has 1 fully saturated rings. The third kappa shape index (κ3) is 5.22. The number of guanidine groups is 1. The number of carbonyl (C=O) groups excluding carboxylic acids is 1. The van der Waals surface area contributed by atoms with Crippen molar-refractivity contribution in [2.75, 3.05) is 26.2 Å². The van der Waals surface area contributed by atoms with E-state index in [-0.39, 0.29) is 23.7 Å². The van der Waals surface area contributed by atoms with E-state index < -0.39 is 0 Å². The number of amides is 1. The van der Waals surface area contributed by atoms with Gasteiger partial charge in [0.25, 0.3) is 0 Å². The second kappa shape index (κ2) is 8.66. The van der Waals surface area contributed by atoms with Crippen molar-refractivity contribution in [2.24, 2.45) is 4.99 Å². The van der Waals surface area contributed by atoms with Gasteiger partial charge in [-0.3, -0.25) is 4.79 Å². The molecule has 0 spiro atoms. The van der Waals surface area contributed by atoms with Crippen LogP contribution in [0.1, 0.15) is 38.7 Å². The molecule has 24 heavy (non-hydrogen) atoms. The van der Waals surface area contributed by atoms with Gasteiger partial charge in [-0.05, 0) is 43.9 Å². The molecule has 1 aliphatic carbocycles. The topological polar surface area (TPSA) is 65.5 Å². The number of benzene rings is 1. The van der Waals surface area contributed by atoms with Crippen LogP contribution < -0.4 is 16.0 Å². The monoisotopic (exact) mass is 334 g/mol. The number of rotatable bonds is 8. The largest absolute Gasteiger partial charge is 0.357 e. The first-order chi connectivity index (χ1) is 11.6. The highest BCUT2D eigenvalue weighted by Crippen LogP contribution is 2.47. The van der Waals surface area contributed by atoms with E-state index in [1.807, 2.05) is 19.9 Å². The van der Waals surface area contributed by atoms with E-state index in [1.165, 1.54) is 6.07 Å². The number of nitrogens with one attached hydrogen (secondary N) is 3. The van der Waals surface area contributed by atoms with Gasteiger partial charge in [0.2, 0.25) is 5.91 Å². The van der Waals surface area contributed by atoms with Crippen molar-refractivity contribution in [1.29, 1.82) is 0 Å². The highest BCUT2D eigenvalue weighted by molar-refractivity contribution is 5.85. The van der Waals surface area contributed by atoms with Gasteiger partial charge >= 0.3 is 0 Å². The molecular weight excluding hydrogens is 307 g/mol. The molecule has 0 aromatic heterocycles. The molecule has 3 N–H and O–H groups in total. The van der Waals surface area contributed by atoms with Gasteiger partial charge in [-0.25, -0.2) is 9.38 Å². The Bertz CT molecular complexity index is 584. The molecule has 1 saturated carbocycles. The quantitative estimate of drug-likeness (QED) is 0.503. The van der Waals surface area contributed by atoms with Crippen LogP contribution in [0.5, 0.6) is 0 Å². The molecule has 0 radical (unpaired) electrons. The lowest BCUT2D eigenvalue weighted by atomic mass is 9.96. The highest BCUT2D eigenvalue weighted by Gasteiger charge is 2.44. The second-order valence-corrected chi connectivity index (χ2v) is 6.19. The first-order valence-electron chi connectivity index (χ1n) is 8.64. The molecule has 2 rings (SSSR count). The summed E-state index contributed by atoms with van der Waals surface area (Å²) < 4.78 is 13.5. The summed E-state index contributed by atoms with van der Waals surface area (Å²) in [6.45, 7) is 6.15. The maximum absolute atomic E-state index is 13.5. The van der Waals surface area contributed by atoms with E-state index in [0.717, 1.165) is 31.4 Å². The summed E-state index contributed by atoms with van der Waals surface area (Å²) >= 11 is 0. The molecule has 0 atom stereocenters. The Morgan fingerprint density at radius 2 is 2.04 bits per heavy atom. The highest BCUT2D eigenvalue weighted by atomic mass is 19.1. The van der Waals surface area contributed by atoms with Gasteiger partial charge < -0.3 is 16.0 Å². The lowest BCUT2D eigenvalue weighted by Crippen LogP contribution is -2.42. The summed E-state index contributed by atoms with van der Waals surface area (Å²) in [5, 5.41) is 9.23. The van der Waals surface area contributed by atoms with Crippen LogP contribution >= 0.6 is 0 Å². The predicted molar refractivity (Wildman–Crippen MR) is 94.6 cm³/mol. The summed E-state index contributed by atoms with van der Waals surface area (Å²) in [5.74, 6) is 0.332. The van der Waals surface area contributed by atoms with Crippen molar-refractivity contribution in [1.82, 2.24) is 16.0 Å². The second-order valence-electron chi connectivity index (χ2n) is 6.19. The summed E-state index contributed by atoms with van der Waals surface area (Å²) in [7, 11) is 0. The number of aliphatic imine (C=N–C) groups is 1. The Balaban J connectivity index is 1.92. The molecule has 5 nitrogen and oxygen atoms in total. The Hall–Kier alpha value is -2.11. The van der Waals surface area contributed by atoms with Gasteiger partial charge in [-0.1, -0.05) is 19.1 Å². The smallest absolute Gasteiger partial charge is 0.241 e. The summed E-state index contributed by atoms with van der Waals surface area (Å²) in [5.41, 5.74) is 0.995. The first kappa shape index (κ1) is 18.2. The normalized spacial score (nSPS) is 15.7. The average Bonchev–Trinajstić information content (AvgIpc) is 3.36. The number of carbonyl (C=O) groups is 1. The fourth-order valence-electron chi connectivity index (χ4n) is 2.60. The minimum Gasteiger partial charge on any atom is -0.357 e. The van der Waals surface area contributed by atoms with Gasteiger partial charge in [0.05, 0.1) is 0 Å². The Morgan fingerprint density at radius 3 is 2.67 bits per heavy atom. The number of hydrogen-bond acceptors (Lipinski definition) is 2. The molecule has 6 heteroatoms. The minimum absolute atomic E-state index is 0.0250. The van der Waals surface area contributed by atoms with Gasteiger partial charge in [-0.2, -0.15) is 0 Å². The standard InChI is InChI=1S/C18H27FN4O/c1-3-10-21-16(24)12-22-17(20-4-2)23-13-18(8-9-18)14-6-5-7-15(19)11-14/h5-7,11H,3-4,8-10,12-13H2,1-2H3,(H,21,24)(H2,20,22,23). The zero-order valence-corrected chi connectivity index (χ0v) is 14.5. The molecule has 0 unspecified atom stereocenters. The summed E-state index contributed by atoms with van der Waals surface area (Å²) in [6, 6.07) is 6.80. The zero-order chi connectivity index (χ0) is 17.4. The van der Waals surface area contributed by atoms with E-state index in [0.29, 0.717) is 19.0 Å². The third-order valence-electron chi connectivity index (χ3n) is 4.18. The van der Waals surface area contributed by atoms with Crippen molar-refractivity contribution in [3.63, 3.8) is 0 Å². The molecule has 0 heterocycles. The molecule has 1 amide bonds. The van der Waals surface area contributed by atoms with Crippen LogP contribution in [0.25, 0.3) is 0 Å². The SMILES string of the molecule is CCCNC(=O)CN=C(NCC)NCC1(c2cccc(F)c2)CC1. The third-order valence-corrected chi connectivity index (χ3v) is 4.18. The van der Waals surface area contributed by atoms with E-state index in [2.05, 4.69) is 20.9 Å². The van der Waals surface area contributed by atoms with Crippen LogP contribution in [0, 0.1) is 5.82 Å². The van der Waals surface area contributed by atoms with Gasteiger partial charge in [0.1, 0.15) is 12.4 Å².